The first-order valence-electron chi connectivity index (χ1n) is 6.13. The normalized spacial score (nSPS) is 21.1. The van der Waals surface area contributed by atoms with E-state index < -0.39 is 0 Å². The predicted octanol–water partition coefficient (Wildman–Crippen LogP) is 0.805. The van der Waals surface area contributed by atoms with Crippen molar-refractivity contribution in [3.05, 3.63) is 24.2 Å². The van der Waals surface area contributed by atoms with Crippen molar-refractivity contribution in [2.45, 2.75) is 25.8 Å². The van der Waals surface area contributed by atoms with Crippen LogP contribution in [0.3, 0.4) is 0 Å². The Kier molecular flexibility index (Phi) is 3.69. The van der Waals surface area contributed by atoms with Crippen molar-refractivity contribution >= 4 is 11.8 Å². The minimum Gasteiger partial charge on any atom is -0.469 e. The number of hydrogen-bond donors (Lipinski definition) is 1. The molecule has 5 heteroatoms. The number of rotatable bonds is 4. The van der Waals surface area contributed by atoms with Gasteiger partial charge in [0.25, 0.3) is 0 Å². The molecule has 0 unspecified atom stereocenters. The highest BCUT2D eigenvalue weighted by atomic mass is 16.3. The molecule has 1 aromatic rings. The van der Waals surface area contributed by atoms with Crippen LogP contribution >= 0.6 is 0 Å². The second kappa shape index (κ2) is 5.25. The van der Waals surface area contributed by atoms with Crippen molar-refractivity contribution in [2.75, 3.05) is 13.6 Å². The molecule has 2 atom stereocenters. The molecule has 0 saturated carbocycles. The Morgan fingerprint density at radius 3 is 3.00 bits per heavy atom. The predicted molar refractivity (Wildman–Crippen MR) is 65.8 cm³/mol. The third kappa shape index (κ3) is 2.91. The molecule has 0 radical (unpaired) electrons. The lowest BCUT2D eigenvalue weighted by Gasteiger charge is -2.15. The molecule has 2 rings (SSSR count). The van der Waals surface area contributed by atoms with Crippen LogP contribution in [-0.4, -0.2) is 36.3 Å². The maximum atomic E-state index is 12.0. The zero-order valence-corrected chi connectivity index (χ0v) is 10.7. The molecule has 0 aliphatic carbocycles. The van der Waals surface area contributed by atoms with Crippen molar-refractivity contribution < 1.29 is 14.0 Å². The molecule has 98 valence electrons. The van der Waals surface area contributed by atoms with Gasteiger partial charge in [0.15, 0.2) is 0 Å². The van der Waals surface area contributed by atoms with Gasteiger partial charge in [-0.1, -0.05) is 0 Å². The van der Waals surface area contributed by atoms with E-state index in [1.54, 1.807) is 18.2 Å². The molecule has 18 heavy (non-hydrogen) atoms. The summed E-state index contributed by atoms with van der Waals surface area (Å²) in [4.78, 5) is 24.9. The molecule has 2 heterocycles. The maximum Gasteiger partial charge on any atom is 0.225 e. The lowest BCUT2D eigenvalue weighted by atomic mass is 10.1. The van der Waals surface area contributed by atoms with E-state index in [-0.39, 0.29) is 23.8 Å². The van der Waals surface area contributed by atoms with Crippen LogP contribution in [0, 0.1) is 5.92 Å². The van der Waals surface area contributed by atoms with E-state index in [2.05, 4.69) is 5.32 Å². The Hall–Kier alpha value is -1.78. The highest BCUT2D eigenvalue weighted by Gasteiger charge is 2.32. The smallest absolute Gasteiger partial charge is 0.225 e. The molecule has 0 aromatic carbocycles. The van der Waals surface area contributed by atoms with Crippen molar-refractivity contribution in [1.29, 1.82) is 0 Å². The van der Waals surface area contributed by atoms with Gasteiger partial charge < -0.3 is 14.6 Å². The van der Waals surface area contributed by atoms with Gasteiger partial charge in [-0.25, -0.2) is 0 Å². The summed E-state index contributed by atoms with van der Waals surface area (Å²) >= 11 is 0. The first kappa shape index (κ1) is 12.7. The first-order valence-corrected chi connectivity index (χ1v) is 6.13. The van der Waals surface area contributed by atoms with Gasteiger partial charge in [0, 0.05) is 32.5 Å². The average Bonchev–Trinajstić information content (AvgIpc) is 2.90. The van der Waals surface area contributed by atoms with E-state index in [0.717, 1.165) is 5.76 Å². The topological polar surface area (TPSA) is 62.6 Å². The van der Waals surface area contributed by atoms with Gasteiger partial charge in [0.05, 0.1) is 12.2 Å². The molecule has 1 aromatic heterocycles. The molecule has 1 fully saturated rings. The fourth-order valence-electron chi connectivity index (χ4n) is 2.18. The molecule has 1 aliphatic heterocycles. The summed E-state index contributed by atoms with van der Waals surface area (Å²) in [5, 5.41) is 2.92. The summed E-state index contributed by atoms with van der Waals surface area (Å²) in [5.41, 5.74) is 0. The van der Waals surface area contributed by atoms with Crippen molar-refractivity contribution in [2.24, 2.45) is 5.92 Å². The van der Waals surface area contributed by atoms with Crippen LogP contribution in [0.2, 0.25) is 0 Å². The molecule has 1 aliphatic rings. The number of amides is 2. The number of nitrogens with zero attached hydrogens (tertiary/aromatic N) is 1. The third-order valence-corrected chi connectivity index (χ3v) is 3.19. The molecule has 5 nitrogen and oxygen atoms in total. The van der Waals surface area contributed by atoms with Crippen LogP contribution in [0.25, 0.3) is 0 Å². The van der Waals surface area contributed by atoms with Crippen LogP contribution in [0.15, 0.2) is 22.8 Å². The zero-order chi connectivity index (χ0) is 13.1. The fourth-order valence-corrected chi connectivity index (χ4v) is 2.18. The highest BCUT2D eigenvalue weighted by molar-refractivity contribution is 5.89. The Labute approximate surface area is 106 Å². The Bertz CT molecular complexity index is 427. The van der Waals surface area contributed by atoms with Crippen molar-refractivity contribution in [1.82, 2.24) is 10.2 Å². The molecular formula is C13H18N2O3. The number of carbonyl (C=O) groups excluding carboxylic acids is 2. The highest BCUT2D eigenvalue weighted by Crippen LogP contribution is 2.16. The van der Waals surface area contributed by atoms with E-state index in [9.17, 15) is 9.59 Å². The van der Waals surface area contributed by atoms with E-state index >= 15 is 0 Å². The molecule has 0 spiro atoms. The second-order valence-corrected chi connectivity index (χ2v) is 4.87. The first-order chi connectivity index (χ1) is 8.56. The SMILES string of the molecule is C[C@H](Cc1ccco1)NC(=O)[C@H]1CC(=O)N(C)C1. The van der Waals surface area contributed by atoms with Gasteiger partial charge in [-0.15, -0.1) is 0 Å². The Balaban J connectivity index is 1.82. The number of furan rings is 1. The number of hydrogen-bond acceptors (Lipinski definition) is 3. The van der Waals surface area contributed by atoms with Crippen LogP contribution < -0.4 is 5.32 Å². The lowest BCUT2D eigenvalue weighted by Crippen LogP contribution is -2.39. The molecule has 1 N–H and O–H groups in total. The minimum absolute atomic E-state index is 0.00431. The minimum atomic E-state index is -0.221. The van der Waals surface area contributed by atoms with Gasteiger partial charge in [0.1, 0.15) is 5.76 Å². The van der Waals surface area contributed by atoms with Crippen LogP contribution in [0.1, 0.15) is 19.1 Å². The van der Waals surface area contributed by atoms with Gasteiger partial charge >= 0.3 is 0 Å². The Morgan fingerprint density at radius 1 is 1.67 bits per heavy atom. The molecule has 2 amide bonds. The summed E-state index contributed by atoms with van der Waals surface area (Å²) < 4.78 is 5.23. The monoisotopic (exact) mass is 250 g/mol. The van der Waals surface area contributed by atoms with Crippen LogP contribution in [0.4, 0.5) is 0 Å². The Morgan fingerprint density at radius 2 is 2.44 bits per heavy atom. The van der Waals surface area contributed by atoms with E-state index in [4.69, 9.17) is 4.42 Å². The van der Waals surface area contributed by atoms with E-state index in [1.165, 1.54) is 0 Å². The number of likely N-dealkylation sites (tertiary alicyclic amines) is 1. The summed E-state index contributed by atoms with van der Waals surface area (Å²) in [5.74, 6) is 0.615. The molecule has 0 bridgehead atoms. The molecule has 1 saturated heterocycles. The van der Waals surface area contributed by atoms with Gasteiger partial charge in [-0.3, -0.25) is 9.59 Å². The zero-order valence-electron chi connectivity index (χ0n) is 10.7. The second-order valence-electron chi connectivity index (χ2n) is 4.87. The van der Waals surface area contributed by atoms with Gasteiger partial charge in [0.2, 0.25) is 11.8 Å². The summed E-state index contributed by atoms with van der Waals surface area (Å²) in [6.45, 7) is 2.44. The van der Waals surface area contributed by atoms with Gasteiger partial charge in [-0.2, -0.15) is 0 Å². The fraction of sp³-hybridized carbons (Fsp3) is 0.538. The molecular weight excluding hydrogens is 232 g/mol. The standard InChI is InChI=1S/C13H18N2O3/c1-9(6-11-4-3-5-18-11)14-13(17)10-7-12(16)15(2)8-10/h3-5,9-10H,6-8H2,1-2H3,(H,14,17)/t9-,10+/m1/s1. The van der Waals surface area contributed by atoms with Crippen LogP contribution in [-0.2, 0) is 16.0 Å². The van der Waals surface area contributed by atoms with Gasteiger partial charge in [-0.05, 0) is 19.1 Å². The number of carbonyl (C=O) groups is 2. The summed E-state index contributed by atoms with van der Waals surface area (Å²) in [6.07, 6.45) is 2.60. The maximum absolute atomic E-state index is 12.0. The summed E-state index contributed by atoms with van der Waals surface area (Å²) in [7, 11) is 1.72. The van der Waals surface area contributed by atoms with Crippen LogP contribution in [0.5, 0.6) is 0 Å². The third-order valence-electron chi connectivity index (χ3n) is 3.19. The summed E-state index contributed by atoms with van der Waals surface area (Å²) in [6, 6.07) is 3.72. The quantitative estimate of drug-likeness (QED) is 0.860. The average molecular weight is 250 g/mol. The van der Waals surface area contributed by atoms with E-state index in [1.807, 2.05) is 19.1 Å². The van der Waals surface area contributed by atoms with Crippen molar-refractivity contribution in [3.63, 3.8) is 0 Å². The largest absolute Gasteiger partial charge is 0.469 e. The van der Waals surface area contributed by atoms with Crippen molar-refractivity contribution in [3.8, 4) is 0 Å². The number of nitrogens with one attached hydrogen (secondary N) is 1. The lowest BCUT2D eigenvalue weighted by molar-refractivity contribution is -0.128. The van der Waals surface area contributed by atoms with E-state index in [0.29, 0.717) is 19.4 Å².